The van der Waals surface area contributed by atoms with Gasteiger partial charge in [-0.25, -0.2) is 9.97 Å². The van der Waals surface area contributed by atoms with Crippen molar-refractivity contribution >= 4 is 11.6 Å². The van der Waals surface area contributed by atoms with Gasteiger partial charge in [-0.05, 0) is 19.3 Å². The summed E-state index contributed by atoms with van der Waals surface area (Å²) in [5.41, 5.74) is 5.50. The van der Waals surface area contributed by atoms with Gasteiger partial charge in [-0.1, -0.05) is 6.92 Å². The van der Waals surface area contributed by atoms with Crippen LogP contribution in [0.15, 0.2) is 12.4 Å². The number of aromatic nitrogens is 2. The van der Waals surface area contributed by atoms with E-state index in [0.29, 0.717) is 11.9 Å². The zero-order valence-corrected chi connectivity index (χ0v) is 8.64. The average Bonchev–Trinajstić information content (AvgIpc) is 2.47. The van der Waals surface area contributed by atoms with Gasteiger partial charge in [-0.3, -0.25) is 0 Å². The first kappa shape index (κ1) is 9.24. The number of nitrogens with zero attached hydrogens (tertiary/aromatic N) is 3. The van der Waals surface area contributed by atoms with Crippen LogP contribution in [0.2, 0.25) is 0 Å². The van der Waals surface area contributed by atoms with Gasteiger partial charge in [-0.2, -0.15) is 0 Å². The molecule has 4 heteroatoms. The fourth-order valence-electron chi connectivity index (χ4n) is 2.10. The monoisotopic (exact) mass is 192 g/mol. The van der Waals surface area contributed by atoms with Gasteiger partial charge >= 0.3 is 0 Å². The molecule has 0 aromatic carbocycles. The van der Waals surface area contributed by atoms with E-state index in [4.69, 9.17) is 5.73 Å². The lowest BCUT2D eigenvalue weighted by Gasteiger charge is -2.21. The maximum Gasteiger partial charge on any atom is 0.147 e. The van der Waals surface area contributed by atoms with Crippen molar-refractivity contribution in [2.24, 2.45) is 5.92 Å². The number of nitrogen functional groups attached to an aromatic ring is 1. The summed E-state index contributed by atoms with van der Waals surface area (Å²) in [6.45, 7) is 5.56. The van der Waals surface area contributed by atoms with Gasteiger partial charge in [-0.15, -0.1) is 0 Å². The number of hydrogen-bond donors (Lipinski definition) is 1. The topological polar surface area (TPSA) is 55.0 Å². The normalized spacial score (nSPS) is 26.9. The molecule has 0 aliphatic carbocycles. The first-order valence-electron chi connectivity index (χ1n) is 5.01. The Balaban J connectivity index is 2.19. The molecule has 2 atom stereocenters. The smallest absolute Gasteiger partial charge is 0.147 e. The van der Waals surface area contributed by atoms with Crippen LogP contribution in [0.25, 0.3) is 0 Å². The van der Waals surface area contributed by atoms with Gasteiger partial charge < -0.3 is 10.6 Å². The van der Waals surface area contributed by atoms with Crippen LogP contribution in [0.4, 0.5) is 11.6 Å². The van der Waals surface area contributed by atoms with E-state index in [1.165, 1.54) is 6.42 Å². The van der Waals surface area contributed by atoms with Crippen molar-refractivity contribution in [2.75, 3.05) is 17.2 Å². The van der Waals surface area contributed by atoms with Crippen LogP contribution in [-0.2, 0) is 0 Å². The van der Waals surface area contributed by atoms with Crippen LogP contribution in [-0.4, -0.2) is 22.6 Å². The van der Waals surface area contributed by atoms with Gasteiger partial charge in [0.25, 0.3) is 0 Å². The molecule has 1 aromatic heterocycles. The van der Waals surface area contributed by atoms with Crippen LogP contribution in [0.5, 0.6) is 0 Å². The average molecular weight is 192 g/mol. The standard InChI is InChI=1S/C10H16N4/c1-7-3-8(2)14(6-7)10-5-12-9(11)4-13-10/h4-5,7-8H,3,6H2,1-2H3,(H2,11,12). The molecule has 2 rings (SSSR count). The predicted octanol–water partition coefficient (Wildman–Crippen LogP) is 1.29. The molecular weight excluding hydrogens is 176 g/mol. The van der Waals surface area contributed by atoms with Crippen LogP contribution in [0.3, 0.4) is 0 Å². The van der Waals surface area contributed by atoms with E-state index in [1.807, 2.05) is 0 Å². The third kappa shape index (κ3) is 1.64. The zero-order chi connectivity index (χ0) is 10.1. The van der Waals surface area contributed by atoms with Crippen LogP contribution < -0.4 is 10.6 Å². The highest BCUT2D eigenvalue weighted by Crippen LogP contribution is 2.26. The molecule has 2 heterocycles. The first-order chi connectivity index (χ1) is 6.66. The van der Waals surface area contributed by atoms with Crippen molar-refractivity contribution in [2.45, 2.75) is 26.3 Å². The third-order valence-corrected chi connectivity index (χ3v) is 2.74. The molecular formula is C10H16N4. The van der Waals surface area contributed by atoms with E-state index in [0.717, 1.165) is 18.3 Å². The Hall–Kier alpha value is -1.32. The van der Waals surface area contributed by atoms with E-state index >= 15 is 0 Å². The van der Waals surface area contributed by atoms with E-state index in [1.54, 1.807) is 12.4 Å². The lowest BCUT2D eigenvalue weighted by atomic mass is 10.1. The van der Waals surface area contributed by atoms with Crippen molar-refractivity contribution in [3.05, 3.63) is 12.4 Å². The molecule has 0 bridgehead atoms. The third-order valence-electron chi connectivity index (χ3n) is 2.74. The molecule has 0 amide bonds. The largest absolute Gasteiger partial charge is 0.382 e. The Labute approximate surface area is 84.2 Å². The molecule has 2 unspecified atom stereocenters. The van der Waals surface area contributed by atoms with Crippen LogP contribution in [0, 0.1) is 5.92 Å². The summed E-state index contributed by atoms with van der Waals surface area (Å²) < 4.78 is 0. The van der Waals surface area contributed by atoms with Gasteiger partial charge in [0.2, 0.25) is 0 Å². The summed E-state index contributed by atoms with van der Waals surface area (Å²) in [4.78, 5) is 10.6. The number of hydrogen-bond acceptors (Lipinski definition) is 4. The molecule has 1 fully saturated rings. The van der Waals surface area contributed by atoms with E-state index in [9.17, 15) is 0 Å². The molecule has 0 radical (unpaired) electrons. The van der Waals surface area contributed by atoms with Gasteiger partial charge in [0.15, 0.2) is 0 Å². The highest BCUT2D eigenvalue weighted by molar-refractivity contribution is 5.41. The second-order valence-corrected chi connectivity index (χ2v) is 4.14. The van der Waals surface area contributed by atoms with Gasteiger partial charge in [0.05, 0.1) is 12.4 Å². The van der Waals surface area contributed by atoms with Crippen molar-refractivity contribution in [3.63, 3.8) is 0 Å². The van der Waals surface area contributed by atoms with Crippen molar-refractivity contribution < 1.29 is 0 Å². The highest BCUT2D eigenvalue weighted by atomic mass is 15.2. The van der Waals surface area contributed by atoms with Crippen molar-refractivity contribution in [3.8, 4) is 0 Å². The Morgan fingerprint density at radius 1 is 1.36 bits per heavy atom. The summed E-state index contributed by atoms with van der Waals surface area (Å²) in [5.74, 6) is 2.16. The molecule has 1 aromatic rings. The maximum atomic E-state index is 5.50. The number of nitrogens with two attached hydrogens (primary N) is 1. The summed E-state index contributed by atoms with van der Waals surface area (Å²) in [6, 6.07) is 0.558. The van der Waals surface area contributed by atoms with Crippen molar-refractivity contribution in [1.82, 2.24) is 9.97 Å². The Kier molecular flexibility index (Phi) is 2.27. The molecule has 14 heavy (non-hydrogen) atoms. The molecule has 0 spiro atoms. The lowest BCUT2D eigenvalue weighted by Crippen LogP contribution is -2.27. The molecule has 1 aliphatic heterocycles. The van der Waals surface area contributed by atoms with E-state index in [-0.39, 0.29) is 0 Å². The second kappa shape index (κ2) is 3.44. The molecule has 76 valence electrons. The summed E-state index contributed by atoms with van der Waals surface area (Å²) in [7, 11) is 0. The Morgan fingerprint density at radius 3 is 2.64 bits per heavy atom. The SMILES string of the molecule is CC1CC(C)N(c2cnc(N)cn2)C1. The summed E-state index contributed by atoms with van der Waals surface area (Å²) in [6.07, 6.45) is 4.60. The van der Waals surface area contributed by atoms with Crippen LogP contribution in [0.1, 0.15) is 20.3 Å². The minimum atomic E-state index is 0.480. The summed E-state index contributed by atoms with van der Waals surface area (Å²) >= 11 is 0. The van der Waals surface area contributed by atoms with E-state index < -0.39 is 0 Å². The summed E-state index contributed by atoms with van der Waals surface area (Å²) in [5, 5.41) is 0. The van der Waals surface area contributed by atoms with Crippen LogP contribution >= 0.6 is 0 Å². The maximum absolute atomic E-state index is 5.50. The number of rotatable bonds is 1. The molecule has 1 aliphatic rings. The minimum absolute atomic E-state index is 0.480. The molecule has 2 N–H and O–H groups in total. The quantitative estimate of drug-likeness (QED) is 0.728. The second-order valence-electron chi connectivity index (χ2n) is 4.14. The molecule has 0 saturated carbocycles. The fraction of sp³-hybridized carbons (Fsp3) is 0.600. The number of anilines is 2. The fourth-order valence-corrected chi connectivity index (χ4v) is 2.10. The Bertz CT molecular complexity index is 308. The van der Waals surface area contributed by atoms with Gasteiger partial charge in [0, 0.05) is 12.6 Å². The zero-order valence-electron chi connectivity index (χ0n) is 8.64. The Morgan fingerprint density at radius 2 is 2.14 bits per heavy atom. The minimum Gasteiger partial charge on any atom is -0.382 e. The predicted molar refractivity (Wildman–Crippen MR) is 57.0 cm³/mol. The first-order valence-corrected chi connectivity index (χ1v) is 5.01. The van der Waals surface area contributed by atoms with E-state index in [2.05, 4.69) is 28.7 Å². The highest BCUT2D eigenvalue weighted by Gasteiger charge is 2.26. The molecule has 4 nitrogen and oxygen atoms in total. The van der Waals surface area contributed by atoms with Crippen molar-refractivity contribution in [1.29, 1.82) is 0 Å². The molecule has 1 saturated heterocycles. The van der Waals surface area contributed by atoms with Gasteiger partial charge in [0.1, 0.15) is 11.6 Å². The lowest BCUT2D eigenvalue weighted by molar-refractivity contribution is 0.625.